The lowest BCUT2D eigenvalue weighted by Gasteiger charge is -2.17. The standard InChI is InChI=1S/C18H28N2O3/c1-3-9-23-17-7-6-15(14(2)12-17)13-19-18(21)20-16-5-4-10-22-11-8-16/h6-7,12,16H,3-5,8-11,13H2,1-2H3,(H2,19,20,21)/t16-/m1/s1. The fraction of sp³-hybridized carbons (Fsp3) is 0.611. The molecule has 1 heterocycles. The van der Waals surface area contributed by atoms with Crippen molar-refractivity contribution < 1.29 is 14.3 Å². The van der Waals surface area contributed by atoms with Gasteiger partial charge in [-0.2, -0.15) is 0 Å². The number of carbonyl (C=O) groups excluding carboxylic acids is 1. The second-order valence-corrected chi connectivity index (χ2v) is 6.00. The van der Waals surface area contributed by atoms with Crippen LogP contribution in [-0.2, 0) is 11.3 Å². The highest BCUT2D eigenvalue weighted by Gasteiger charge is 2.14. The number of urea groups is 1. The second-order valence-electron chi connectivity index (χ2n) is 6.00. The van der Waals surface area contributed by atoms with Crippen molar-refractivity contribution in [2.45, 2.75) is 52.1 Å². The van der Waals surface area contributed by atoms with Crippen LogP contribution in [0.1, 0.15) is 43.7 Å². The first-order chi connectivity index (χ1) is 11.2. The zero-order valence-electron chi connectivity index (χ0n) is 14.2. The van der Waals surface area contributed by atoms with Crippen molar-refractivity contribution in [1.82, 2.24) is 10.6 Å². The highest BCUT2D eigenvalue weighted by Crippen LogP contribution is 2.17. The Labute approximate surface area is 138 Å². The Morgan fingerprint density at radius 3 is 3.00 bits per heavy atom. The SMILES string of the molecule is CCCOc1ccc(CNC(=O)N[C@@H]2CCCOCC2)c(C)c1. The molecule has 0 aliphatic carbocycles. The summed E-state index contributed by atoms with van der Waals surface area (Å²) >= 11 is 0. The van der Waals surface area contributed by atoms with Crippen molar-refractivity contribution in [1.29, 1.82) is 0 Å². The molecule has 0 unspecified atom stereocenters. The molecule has 1 aromatic rings. The molecule has 1 fully saturated rings. The van der Waals surface area contributed by atoms with E-state index >= 15 is 0 Å². The molecule has 2 amide bonds. The first kappa shape index (κ1) is 17.6. The van der Waals surface area contributed by atoms with Gasteiger partial charge in [-0.25, -0.2) is 4.79 Å². The molecule has 1 saturated heterocycles. The lowest BCUT2D eigenvalue weighted by Crippen LogP contribution is -2.42. The van der Waals surface area contributed by atoms with Crippen LogP contribution >= 0.6 is 0 Å². The van der Waals surface area contributed by atoms with E-state index in [0.717, 1.165) is 62.4 Å². The van der Waals surface area contributed by atoms with Crippen molar-refractivity contribution in [2.24, 2.45) is 0 Å². The minimum absolute atomic E-state index is 0.109. The van der Waals surface area contributed by atoms with Crippen LogP contribution < -0.4 is 15.4 Å². The molecule has 5 heteroatoms. The number of amides is 2. The molecule has 0 aromatic heterocycles. The van der Waals surface area contributed by atoms with Gasteiger partial charge in [-0.15, -0.1) is 0 Å². The first-order valence-electron chi connectivity index (χ1n) is 8.53. The number of benzene rings is 1. The number of rotatable bonds is 6. The Balaban J connectivity index is 1.79. The topological polar surface area (TPSA) is 59.6 Å². The summed E-state index contributed by atoms with van der Waals surface area (Å²) in [6.07, 6.45) is 3.86. The first-order valence-corrected chi connectivity index (χ1v) is 8.53. The predicted octanol–water partition coefficient (Wildman–Crippen LogP) is 3.15. The third-order valence-electron chi connectivity index (χ3n) is 4.01. The van der Waals surface area contributed by atoms with Crippen LogP contribution in [-0.4, -0.2) is 31.9 Å². The number of aryl methyl sites for hydroxylation is 1. The summed E-state index contributed by atoms with van der Waals surface area (Å²) in [6.45, 7) is 6.90. The molecule has 1 atom stereocenters. The molecule has 2 N–H and O–H groups in total. The third kappa shape index (κ3) is 6.10. The summed E-state index contributed by atoms with van der Waals surface area (Å²) in [6, 6.07) is 6.10. The van der Waals surface area contributed by atoms with Gasteiger partial charge in [-0.05, 0) is 55.9 Å². The number of hydrogen-bond acceptors (Lipinski definition) is 3. The number of carbonyl (C=O) groups is 1. The van der Waals surface area contributed by atoms with Gasteiger partial charge >= 0.3 is 6.03 Å². The Kier molecular flexibility index (Phi) is 7.20. The van der Waals surface area contributed by atoms with Gasteiger partial charge in [-0.3, -0.25) is 0 Å². The molecule has 0 radical (unpaired) electrons. The van der Waals surface area contributed by atoms with Gasteiger partial charge in [0, 0.05) is 25.8 Å². The molecular formula is C18H28N2O3. The molecule has 0 bridgehead atoms. The van der Waals surface area contributed by atoms with Crippen molar-refractivity contribution in [3.8, 4) is 5.75 Å². The second kappa shape index (κ2) is 9.40. The fourth-order valence-corrected chi connectivity index (χ4v) is 2.64. The molecule has 1 aliphatic heterocycles. The van der Waals surface area contributed by atoms with Crippen LogP contribution in [0.5, 0.6) is 5.75 Å². The highest BCUT2D eigenvalue weighted by atomic mass is 16.5. The van der Waals surface area contributed by atoms with Crippen molar-refractivity contribution >= 4 is 6.03 Å². The van der Waals surface area contributed by atoms with Crippen LogP contribution in [0.3, 0.4) is 0 Å². The Morgan fingerprint density at radius 2 is 2.22 bits per heavy atom. The molecule has 23 heavy (non-hydrogen) atoms. The van der Waals surface area contributed by atoms with Crippen LogP contribution in [0.2, 0.25) is 0 Å². The maximum Gasteiger partial charge on any atom is 0.315 e. The summed E-state index contributed by atoms with van der Waals surface area (Å²) in [7, 11) is 0. The average Bonchev–Trinajstić information content (AvgIpc) is 2.80. The lowest BCUT2D eigenvalue weighted by atomic mass is 10.1. The van der Waals surface area contributed by atoms with Crippen molar-refractivity contribution in [3.05, 3.63) is 29.3 Å². The van der Waals surface area contributed by atoms with E-state index in [2.05, 4.69) is 17.6 Å². The monoisotopic (exact) mass is 320 g/mol. The molecular weight excluding hydrogens is 292 g/mol. The van der Waals surface area contributed by atoms with Gasteiger partial charge in [0.2, 0.25) is 0 Å². The molecule has 0 spiro atoms. The van der Waals surface area contributed by atoms with Crippen LogP contribution in [0, 0.1) is 6.92 Å². The maximum absolute atomic E-state index is 12.0. The molecule has 1 aliphatic rings. The summed E-state index contributed by atoms with van der Waals surface area (Å²) < 4.78 is 11.0. The maximum atomic E-state index is 12.0. The Morgan fingerprint density at radius 1 is 1.35 bits per heavy atom. The van der Waals surface area contributed by atoms with E-state index in [1.54, 1.807) is 0 Å². The number of ether oxygens (including phenoxy) is 2. The minimum Gasteiger partial charge on any atom is -0.494 e. The van der Waals surface area contributed by atoms with Gasteiger partial charge in [0.1, 0.15) is 5.75 Å². The van der Waals surface area contributed by atoms with E-state index in [-0.39, 0.29) is 12.1 Å². The summed E-state index contributed by atoms with van der Waals surface area (Å²) in [4.78, 5) is 12.0. The van der Waals surface area contributed by atoms with E-state index in [1.165, 1.54) is 0 Å². The zero-order chi connectivity index (χ0) is 16.5. The quantitative estimate of drug-likeness (QED) is 0.846. The van der Waals surface area contributed by atoms with E-state index in [9.17, 15) is 4.79 Å². The van der Waals surface area contributed by atoms with Gasteiger partial charge in [0.05, 0.1) is 6.61 Å². The normalized spacial score (nSPS) is 18.1. The van der Waals surface area contributed by atoms with E-state index in [4.69, 9.17) is 9.47 Å². The smallest absolute Gasteiger partial charge is 0.315 e. The number of nitrogens with one attached hydrogen (secondary N) is 2. The van der Waals surface area contributed by atoms with E-state index < -0.39 is 0 Å². The summed E-state index contributed by atoms with van der Waals surface area (Å²) in [5.41, 5.74) is 2.23. The molecule has 128 valence electrons. The van der Waals surface area contributed by atoms with E-state index in [1.807, 2.05) is 25.1 Å². The third-order valence-corrected chi connectivity index (χ3v) is 4.01. The highest BCUT2D eigenvalue weighted by molar-refractivity contribution is 5.74. The zero-order valence-corrected chi connectivity index (χ0v) is 14.2. The van der Waals surface area contributed by atoms with E-state index in [0.29, 0.717) is 6.54 Å². The van der Waals surface area contributed by atoms with Gasteiger partial charge in [0.15, 0.2) is 0 Å². The largest absolute Gasteiger partial charge is 0.494 e. The average molecular weight is 320 g/mol. The van der Waals surface area contributed by atoms with Crippen LogP contribution in [0.4, 0.5) is 4.79 Å². The van der Waals surface area contributed by atoms with Crippen molar-refractivity contribution in [3.63, 3.8) is 0 Å². The lowest BCUT2D eigenvalue weighted by molar-refractivity contribution is 0.143. The summed E-state index contributed by atoms with van der Waals surface area (Å²) in [5, 5.41) is 5.97. The Hall–Kier alpha value is -1.75. The van der Waals surface area contributed by atoms with Crippen LogP contribution in [0.25, 0.3) is 0 Å². The molecule has 5 nitrogen and oxygen atoms in total. The van der Waals surface area contributed by atoms with Crippen molar-refractivity contribution in [2.75, 3.05) is 19.8 Å². The molecule has 0 saturated carbocycles. The minimum atomic E-state index is -0.109. The molecule has 1 aromatic carbocycles. The number of hydrogen-bond donors (Lipinski definition) is 2. The fourth-order valence-electron chi connectivity index (χ4n) is 2.64. The predicted molar refractivity (Wildman–Crippen MR) is 90.8 cm³/mol. The van der Waals surface area contributed by atoms with Crippen LogP contribution in [0.15, 0.2) is 18.2 Å². The van der Waals surface area contributed by atoms with Gasteiger partial charge in [0.25, 0.3) is 0 Å². The molecule has 2 rings (SSSR count). The Bertz CT molecular complexity index is 497. The van der Waals surface area contributed by atoms with Gasteiger partial charge in [-0.1, -0.05) is 13.0 Å². The van der Waals surface area contributed by atoms with Gasteiger partial charge < -0.3 is 20.1 Å². The summed E-state index contributed by atoms with van der Waals surface area (Å²) in [5.74, 6) is 0.885.